The summed E-state index contributed by atoms with van der Waals surface area (Å²) in [6.07, 6.45) is -4.37. The van der Waals surface area contributed by atoms with Gasteiger partial charge < -0.3 is 9.47 Å². The molecule has 0 bridgehead atoms. The van der Waals surface area contributed by atoms with Gasteiger partial charge in [0.25, 0.3) is 0 Å². The van der Waals surface area contributed by atoms with Crippen molar-refractivity contribution in [2.45, 2.75) is 19.6 Å². The normalized spacial score (nSPS) is 14.8. The first kappa shape index (κ1) is 25.0. The van der Waals surface area contributed by atoms with Crippen LogP contribution in [-0.4, -0.2) is 35.6 Å². The lowest BCUT2D eigenvalue weighted by Crippen LogP contribution is -2.46. The lowest BCUT2D eigenvalue weighted by atomic mass is 10.1. The number of alkyl halides is 3. The monoisotopic (exact) mass is 511 g/mol. The Kier molecular flexibility index (Phi) is 6.77. The van der Waals surface area contributed by atoms with Crippen LogP contribution in [0.25, 0.3) is 16.9 Å². The van der Waals surface area contributed by atoms with E-state index in [1.165, 1.54) is 24.3 Å². The highest BCUT2D eigenvalue weighted by atomic mass is 19.4. The van der Waals surface area contributed by atoms with E-state index < -0.39 is 23.4 Å². The Bertz CT molecular complexity index is 1390. The summed E-state index contributed by atoms with van der Waals surface area (Å²) < 4.78 is 69.7. The minimum Gasteiger partial charge on any atom is -0.369 e. The lowest BCUT2D eigenvalue weighted by Gasteiger charge is -2.36. The number of hydrogen-bond acceptors (Lipinski definition) is 2. The van der Waals surface area contributed by atoms with Gasteiger partial charge in [0.15, 0.2) is 0 Å². The van der Waals surface area contributed by atoms with E-state index in [0.29, 0.717) is 38.4 Å². The summed E-state index contributed by atoms with van der Waals surface area (Å²) in [7, 11) is 0. The summed E-state index contributed by atoms with van der Waals surface area (Å²) in [5.74, 6) is -1.27. The standard InChI is InChI=1S/C29H26F5N3/c1-20-22(19-35-12-14-36(15-13-35)25-9-5-8-23(17-25)29(32,33)34)16-28(21-6-3-2-4-7-21)37(20)27-11-10-24(30)18-26(27)31/h2-11,16-18H,12-15,19H2,1H3. The van der Waals surface area contributed by atoms with Gasteiger partial charge >= 0.3 is 6.18 Å². The van der Waals surface area contributed by atoms with Gasteiger partial charge in [0.2, 0.25) is 0 Å². The van der Waals surface area contributed by atoms with Crippen molar-refractivity contribution in [1.29, 1.82) is 0 Å². The van der Waals surface area contributed by atoms with Gasteiger partial charge in [-0.3, -0.25) is 4.90 Å². The van der Waals surface area contributed by atoms with Crippen LogP contribution >= 0.6 is 0 Å². The van der Waals surface area contributed by atoms with Crippen LogP contribution < -0.4 is 4.90 Å². The Labute approximate surface area is 212 Å². The molecule has 1 saturated heterocycles. The third kappa shape index (κ3) is 5.25. The molecule has 3 aromatic carbocycles. The fourth-order valence-electron chi connectivity index (χ4n) is 4.90. The number of hydrogen-bond donors (Lipinski definition) is 0. The van der Waals surface area contributed by atoms with Crippen LogP contribution in [0.2, 0.25) is 0 Å². The third-order valence-electron chi connectivity index (χ3n) is 6.88. The largest absolute Gasteiger partial charge is 0.416 e. The summed E-state index contributed by atoms with van der Waals surface area (Å²) in [5, 5.41) is 0. The van der Waals surface area contributed by atoms with E-state index in [-0.39, 0.29) is 5.69 Å². The molecule has 192 valence electrons. The minimum absolute atomic E-state index is 0.276. The Morgan fingerprint density at radius 3 is 2.19 bits per heavy atom. The molecule has 2 heterocycles. The number of anilines is 1. The Hall–Kier alpha value is -3.65. The second kappa shape index (κ2) is 10.0. The predicted octanol–water partition coefficient (Wildman–Crippen LogP) is 7.07. The summed E-state index contributed by atoms with van der Waals surface area (Å²) in [4.78, 5) is 4.21. The zero-order chi connectivity index (χ0) is 26.2. The third-order valence-corrected chi connectivity index (χ3v) is 6.88. The molecule has 0 atom stereocenters. The highest BCUT2D eigenvalue weighted by molar-refractivity contribution is 5.66. The highest BCUT2D eigenvalue weighted by Crippen LogP contribution is 2.33. The van der Waals surface area contributed by atoms with Gasteiger partial charge in [0.1, 0.15) is 11.6 Å². The van der Waals surface area contributed by atoms with Crippen molar-refractivity contribution in [3.8, 4) is 16.9 Å². The predicted molar refractivity (Wildman–Crippen MR) is 135 cm³/mol. The Morgan fingerprint density at radius 2 is 1.51 bits per heavy atom. The van der Waals surface area contributed by atoms with Crippen molar-refractivity contribution in [3.63, 3.8) is 0 Å². The smallest absolute Gasteiger partial charge is 0.369 e. The molecular formula is C29H26F5N3. The van der Waals surface area contributed by atoms with E-state index in [1.807, 2.05) is 52.8 Å². The van der Waals surface area contributed by atoms with Crippen LogP contribution in [0.3, 0.4) is 0 Å². The SMILES string of the molecule is Cc1c(CN2CCN(c3cccc(C(F)(F)F)c3)CC2)cc(-c2ccccc2)n1-c1ccc(F)cc1F. The van der Waals surface area contributed by atoms with Crippen LogP contribution in [0.15, 0.2) is 78.9 Å². The molecule has 0 unspecified atom stereocenters. The summed E-state index contributed by atoms with van der Waals surface area (Å²) in [5.41, 5.74) is 3.77. The van der Waals surface area contributed by atoms with Crippen LogP contribution in [0.5, 0.6) is 0 Å². The topological polar surface area (TPSA) is 11.4 Å². The zero-order valence-electron chi connectivity index (χ0n) is 20.3. The minimum atomic E-state index is -4.37. The molecule has 0 N–H and O–H groups in total. The quantitative estimate of drug-likeness (QED) is 0.266. The van der Waals surface area contributed by atoms with Gasteiger partial charge in [-0.2, -0.15) is 13.2 Å². The maximum absolute atomic E-state index is 14.8. The Balaban J connectivity index is 1.38. The molecule has 8 heteroatoms. The van der Waals surface area contributed by atoms with Gasteiger partial charge in [-0.05, 0) is 54.4 Å². The first-order chi connectivity index (χ1) is 17.7. The molecule has 0 spiro atoms. The molecule has 1 aromatic heterocycles. The highest BCUT2D eigenvalue weighted by Gasteiger charge is 2.31. The molecule has 0 saturated carbocycles. The van der Waals surface area contributed by atoms with Crippen molar-refractivity contribution in [2.24, 2.45) is 0 Å². The molecule has 0 amide bonds. The number of rotatable bonds is 5. The molecule has 1 fully saturated rings. The summed E-state index contributed by atoms with van der Waals surface area (Å²) >= 11 is 0. The summed E-state index contributed by atoms with van der Waals surface area (Å²) in [6.45, 7) is 5.07. The first-order valence-corrected chi connectivity index (χ1v) is 12.1. The van der Waals surface area contributed by atoms with Gasteiger partial charge in [-0.1, -0.05) is 36.4 Å². The van der Waals surface area contributed by atoms with E-state index in [4.69, 9.17) is 0 Å². The molecule has 1 aliphatic heterocycles. The van der Waals surface area contributed by atoms with Crippen molar-refractivity contribution < 1.29 is 22.0 Å². The lowest BCUT2D eigenvalue weighted by molar-refractivity contribution is -0.137. The van der Waals surface area contributed by atoms with E-state index in [9.17, 15) is 22.0 Å². The van der Waals surface area contributed by atoms with Crippen LogP contribution in [-0.2, 0) is 12.7 Å². The number of aromatic nitrogens is 1. The molecular weight excluding hydrogens is 485 g/mol. The maximum atomic E-state index is 14.8. The fourth-order valence-corrected chi connectivity index (χ4v) is 4.90. The van der Waals surface area contributed by atoms with Gasteiger partial charge in [0.05, 0.1) is 16.9 Å². The molecule has 1 aliphatic rings. The number of benzene rings is 3. The van der Waals surface area contributed by atoms with Crippen LogP contribution in [0, 0.1) is 18.6 Å². The van der Waals surface area contributed by atoms with Crippen LogP contribution in [0.4, 0.5) is 27.6 Å². The average molecular weight is 512 g/mol. The fraction of sp³-hybridized carbons (Fsp3) is 0.241. The second-order valence-corrected chi connectivity index (χ2v) is 9.25. The molecule has 0 aliphatic carbocycles. The molecule has 4 aromatic rings. The number of nitrogens with zero attached hydrogens (tertiary/aromatic N) is 3. The van der Waals surface area contributed by atoms with Crippen LogP contribution in [0.1, 0.15) is 16.8 Å². The number of piperazine rings is 1. The van der Waals surface area contributed by atoms with Gasteiger partial charge in [-0.15, -0.1) is 0 Å². The van der Waals surface area contributed by atoms with Crippen molar-refractivity contribution >= 4 is 5.69 Å². The van der Waals surface area contributed by atoms with Gasteiger partial charge in [0, 0.05) is 50.2 Å². The number of halogens is 5. The molecule has 3 nitrogen and oxygen atoms in total. The van der Waals surface area contributed by atoms with Gasteiger partial charge in [-0.25, -0.2) is 8.78 Å². The van der Waals surface area contributed by atoms with Crippen molar-refractivity contribution in [2.75, 3.05) is 31.1 Å². The van der Waals surface area contributed by atoms with E-state index in [1.54, 1.807) is 6.07 Å². The molecule has 5 rings (SSSR count). The van der Waals surface area contributed by atoms with Crippen molar-refractivity contribution in [1.82, 2.24) is 9.47 Å². The van der Waals surface area contributed by atoms with E-state index >= 15 is 0 Å². The average Bonchev–Trinajstić information content (AvgIpc) is 3.20. The Morgan fingerprint density at radius 1 is 0.784 bits per heavy atom. The summed E-state index contributed by atoms with van der Waals surface area (Å²) in [6, 6.07) is 20.7. The maximum Gasteiger partial charge on any atom is 0.416 e. The second-order valence-electron chi connectivity index (χ2n) is 9.25. The van der Waals surface area contributed by atoms with E-state index in [2.05, 4.69) is 4.90 Å². The van der Waals surface area contributed by atoms with E-state index in [0.717, 1.165) is 34.6 Å². The molecule has 0 radical (unpaired) electrons. The van der Waals surface area contributed by atoms with Crippen molar-refractivity contribution in [3.05, 3.63) is 107 Å². The first-order valence-electron chi connectivity index (χ1n) is 12.1. The molecule has 37 heavy (non-hydrogen) atoms. The zero-order valence-corrected chi connectivity index (χ0v) is 20.3.